The van der Waals surface area contributed by atoms with Gasteiger partial charge in [0.25, 0.3) is 11.6 Å². The molecule has 0 saturated carbocycles. The van der Waals surface area contributed by atoms with Crippen LogP contribution in [-0.4, -0.2) is 41.9 Å². The first-order valence-electron chi connectivity index (χ1n) is 8.13. The molecule has 0 atom stereocenters. The van der Waals surface area contributed by atoms with Crippen LogP contribution in [0.25, 0.3) is 0 Å². The summed E-state index contributed by atoms with van der Waals surface area (Å²) < 4.78 is 0. The molecule has 0 aromatic heterocycles. The number of carbonyl (C=O) groups is 1. The highest BCUT2D eigenvalue weighted by Gasteiger charge is 2.11. The average Bonchev–Trinajstić information content (AvgIpc) is 2.61. The van der Waals surface area contributed by atoms with Crippen LogP contribution < -0.4 is 10.6 Å². The molecule has 8 heteroatoms. The van der Waals surface area contributed by atoms with E-state index in [0.717, 1.165) is 26.1 Å². The van der Waals surface area contributed by atoms with Gasteiger partial charge in [-0.1, -0.05) is 19.9 Å². The molecule has 1 aromatic rings. The molecule has 2 N–H and O–H groups in total. The number of hydrogen-bond donors (Lipinski definition) is 2. The summed E-state index contributed by atoms with van der Waals surface area (Å²) in [4.78, 5) is 24.5. The molecule has 0 aliphatic rings. The maximum absolute atomic E-state index is 12.1. The molecule has 1 aromatic carbocycles. The fourth-order valence-corrected chi connectivity index (χ4v) is 2.16. The molecule has 0 aliphatic heterocycles. The van der Waals surface area contributed by atoms with Crippen LogP contribution >= 0.6 is 0 Å². The van der Waals surface area contributed by atoms with Crippen LogP contribution in [0.4, 0.5) is 11.4 Å². The molecule has 0 spiro atoms. The summed E-state index contributed by atoms with van der Waals surface area (Å²) in [7, 11) is 0. The Morgan fingerprint density at radius 1 is 1.40 bits per heavy atom. The zero-order valence-corrected chi connectivity index (χ0v) is 14.5. The monoisotopic (exact) mass is 345 g/mol. The summed E-state index contributed by atoms with van der Waals surface area (Å²) in [5, 5.41) is 25.3. The van der Waals surface area contributed by atoms with Gasteiger partial charge in [-0.25, -0.2) is 0 Å². The van der Waals surface area contributed by atoms with Crippen LogP contribution in [-0.2, 0) is 4.79 Å². The SMILES string of the molecule is CCN(CC)CCCN/C=C(/C#N)C(=O)Nc1cccc([N+](=O)[O-])c1. The quantitative estimate of drug-likeness (QED) is 0.221. The third-order valence-electron chi connectivity index (χ3n) is 3.62. The van der Waals surface area contributed by atoms with Crippen LogP contribution in [0.1, 0.15) is 20.3 Å². The predicted octanol–water partition coefficient (Wildman–Crippen LogP) is 2.26. The minimum Gasteiger partial charge on any atom is -0.390 e. The second-order valence-corrected chi connectivity index (χ2v) is 5.27. The zero-order valence-electron chi connectivity index (χ0n) is 14.5. The van der Waals surface area contributed by atoms with Gasteiger partial charge in [0.1, 0.15) is 11.6 Å². The molecule has 0 radical (unpaired) electrons. The van der Waals surface area contributed by atoms with E-state index in [1.807, 2.05) is 6.07 Å². The second-order valence-electron chi connectivity index (χ2n) is 5.27. The molecule has 0 saturated heterocycles. The lowest BCUT2D eigenvalue weighted by Crippen LogP contribution is -2.26. The van der Waals surface area contributed by atoms with Gasteiger partial charge in [0.15, 0.2) is 0 Å². The summed E-state index contributed by atoms with van der Waals surface area (Å²) in [5.74, 6) is -0.612. The number of nitrogens with zero attached hydrogens (tertiary/aromatic N) is 3. The second kappa shape index (κ2) is 10.8. The minimum atomic E-state index is -0.612. The summed E-state index contributed by atoms with van der Waals surface area (Å²) in [6.07, 6.45) is 2.26. The molecule has 0 heterocycles. The standard InChI is InChI=1S/C17H23N5O3/c1-3-21(4-2)10-6-9-19-13-14(12-18)17(23)20-15-7-5-8-16(11-15)22(24)25/h5,7-8,11,13,19H,3-4,6,9-10H2,1-2H3,(H,20,23)/b14-13-. The van der Waals surface area contributed by atoms with Crippen LogP contribution in [0.2, 0.25) is 0 Å². The van der Waals surface area contributed by atoms with E-state index in [0.29, 0.717) is 6.54 Å². The Labute approximate surface area is 147 Å². The highest BCUT2D eigenvalue weighted by molar-refractivity contribution is 6.06. The first kappa shape index (κ1) is 20.1. The average molecular weight is 345 g/mol. The predicted molar refractivity (Wildman–Crippen MR) is 95.8 cm³/mol. The Hall–Kier alpha value is -2.92. The van der Waals surface area contributed by atoms with Crippen molar-refractivity contribution in [3.8, 4) is 6.07 Å². The van der Waals surface area contributed by atoms with Gasteiger partial charge in [-0.2, -0.15) is 5.26 Å². The number of hydrogen-bond acceptors (Lipinski definition) is 6. The van der Waals surface area contributed by atoms with Crippen molar-refractivity contribution in [2.45, 2.75) is 20.3 Å². The molecule has 0 aliphatic carbocycles. The van der Waals surface area contributed by atoms with Crippen molar-refractivity contribution in [1.29, 1.82) is 5.26 Å². The normalized spacial score (nSPS) is 11.0. The Bertz CT molecular complexity index is 662. The molecule has 0 bridgehead atoms. The van der Waals surface area contributed by atoms with E-state index in [2.05, 4.69) is 29.4 Å². The minimum absolute atomic E-state index is 0.0886. The molecule has 1 amide bonds. The fraction of sp³-hybridized carbons (Fsp3) is 0.412. The number of nitriles is 1. The van der Waals surface area contributed by atoms with Crippen LogP contribution in [0.3, 0.4) is 0 Å². The van der Waals surface area contributed by atoms with Crippen molar-refractivity contribution in [2.75, 3.05) is 31.5 Å². The van der Waals surface area contributed by atoms with E-state index in [9.17, 15) is 14.9 Å². The molecule has 1 rings (SSSR count). The maximum Gasteiger partial charge on any atom is 0.271 e. The fourth-order valence-electron chi connectivity index (χ4n) is 2.16. The molecule has 25 heavy (non-hydrogen) atoms. The Kier molecular flexibility index (Phi) is 8.68. The van der Waals surface area contributed by atoms with E-state index < -0.39 is 10.8 Å². The number of anilines is 1. The number of carbonyl (C=O) groups excluding carboxylic acids is 1. The summed E-state index contributed by atoms with van der Waals surface area (Å²) >= 11 is 0. The third kappa shape index (κ3) is 7.01. The summed E-state index contributed by atoms with van der Waals surface area (Å²) in [5.41, 5.74) is 0.0473. The number of nitro benzene ring substituents is 1. The zero-order chi connectivity index (χ0) is 18.7. The van der Waals surface area contributed by atoms with Gasteiger partial charge >= 0.3 is 0 Å². The lowest BCUT2D eigenvalue weighted by Gasteiger charge is -2.17. The van der Waals surface area contributed by atoms with Crippen molar-refractivity contribution in [2.24, 2.45) is 0 Å². The first-order chi connectivity index (χ1) is 12.0. The van der Waals surface area contributed by atoms with Crippen molar-refractivity contribution in [3.05, 3.63) is 46.2 Å². The van der Waals surface area contributed by atoms with Crippen LogP contribution in [0.5, 0.6) is 0 Å². The van der Waals surface area contributed by atoms with Gasteiger partial charge in [-0.15, -0.1) is 0 Å². The first-order valence-corrected chi connectivity index (χ1v) is 8.13. The van der Waals surface area contributed by atoms with E-state index >= 15 is 0 Å². The summed E-state index contributed by atoms with van der Waals surface area (Å²) in [6, 6.07) is 7.38. The molecule has 0 unspecified atom stereocenters. The number of rotatable bonds is 10. The van der Waals surface area contributed by atoms with Gasteiger partial charge in [-0.05, 0) is 32.1 Å². The van der Waals surface area contributed by atoms with Crippen LogP contribution in [0, 0.1) is 21.4 Å². The topological polar surface area (TPSA) is 111 Å². The summed E-state index contributed by atoms with van der Waals surface area (Å²) in [6.45, 7) is 7.76. The number of nitrogens with one attached hydrogen (secondary N) is 2. The van der Waals surface area contributed by atoms with Crippen LogP contribution in [0.15, 0.2) is 36.0 Å². The molecule has 0 fully saturated rings. The number of benzene rings is 1. The Morgan fingerprint density at radius 3 is 2.72 bits per heavy atom. The molecular weight excluding hydrogens is 322 g/mol. The van der Waals surface area contributed by atoms with Gasteiger partial charge in [0.05, 0.1) is 4.92 Å². The number of amides is 1. The van der Waals surface area contributed by atoms with E-state index in [4.69, 9.17) is 5.26 Å². The molecular formula is C17H23N5O3. The van der Waals surface area contributed by atoms with Crippen molar-refractivity contribution < 1.29 is 9.72 Å². The van der Waals surface area contributed by atoms with Gasteiger partial charge in [0.2, 0.25) is 0 Å². The maximum atomic E-state index is 12.1. The highest BCUT2D eigenvalue weighted by Crippen LogP contribution is 2.17. The Morgan fingerprint density at radius 2 is 2.12 bits per heavy atom. The van der Waals surface area contributed by atoms with E-state index in [1.54, 1.807) is 0 Å². The van der Waals surface area contributed by atoms with Crippen molar-refractivity contribution in [3.63, 3.8) is 0 Å². The largest absolute Gasteiger partial charge is 0.390 e. The Balaban J connectivity index is 2.55. The van der Waals surface area contributed by atoms with Gasteiger partial charge < -0.3 is 15.5 Å². The molecule has 8 nitrogen and oxygen atoms in total. The highest BCUT2D eigenvalue weighted by atomic mass is 16.6. The van der Waals surface area contributed by atoms with E-state index in [1.165, 1.54) is 30.5 Å². The third-order valence-corrected chi connectivity index (χ3v) is 3.62. The van der Waals surface area contributed by atoms with Gasteiger partial charge in [0, 0.05) is 30.6 Å². The van der Waals surface area contributed by atoms with Crippen molar-refractivity contribution in [1.82, 2.24) is 10.2 Å². The lowest BCUT2D eigenvalue weighted by molar-refractivity contribution is -0.384. The lowest BCUT2D eigenvalue weighted by atomic mass is 10.2. The number of non-ortho nitro benzene ring substituents is 1. The van der Waals surface area contributed by atoms with Crippen molar-refractivity contribution >= 4 is 17.3 Å². The van der Waals surface area contributed by atoms with E-state index in [-0.39, 0.29) is 16.9 Å². The molecule has 134 valence electrons. The smallest absolute Gasteiger partial charge is 0.271 e. The van der Waals surface area contributed by atoms with Gasteiger partial charge in [-0.3, -0.25) is 14.9 Å². The number of nitro groups is 1.